The quantitative estimate of drug-likeness (QED) is 0.734. The molecule has 1 aliphatic heterocycles. The van der Waals surface area contributed by atoms with Crippen LogP contribution in [0, 0.1) is 10.8 Å². The van der Waals surface area contributed by atoms with Gasteiger partial charge < -0.3 is 5.32 Å². The fourth-order valence-electron chi connectivity index (χ4n) is 3.94. The molecule has 18 heavy (non-hydrogen) atoms. The van der Waals surface area contributed by atoms with E-state index in [1.54, 1.807) is 0 Å². The summed E-state index contributed by atoms with van der Waals surface area (Å²) >= 11 is 0. The van der Waals surface area contributed by atoms with Crippen molar-refractivity contribution in [2.75, 3.05) is 0 Å². The van der Waals surface area contributed by atoms with E-state index in [1.807, 2.05) is 0 Å². The molecule has 1 aliphatic carbocycles. The number of carbonyl (C=O) groups is 2. The van der Waals surface area contributed by atoms with Crippen molar-refractivity contribution >= 4 is 11.8 Å². The summed E-state index contributed by atoms with van der Waals surface area (Å²) in [6.07, 6.45) is 3.62. The third-order valence-corrected chi connectivity index (χ3v) is 3.96. The van der Waals surface area contributed by atoms with E-state index in [4.69, 9.17) is 0 Å². The Kier molecular flexibility index (Phi) is 3.26. The van der Waals surface area contributed by atoms with Gasteiger partial charge in [-0.15, -0.1) is 0 Å². The molecule has 1 saturated carbocycles. The molecule has 102 valence electrons. The van der Waals surface area contributed by atoms with Crippen LogP contribution in [-0.2, 0) is 9.59 Å². The number of hydrogen-bond donors (Lipinski definition) is 2. The molecule has 0 bridgehead atoms. The average Bonchev–Trinajstić information content (AvgIpc) is 2.38. The molecule has 1 heterocycles. The van der Waals surface area contributed by atoms with Crippen molar-refractivity contribution in [1.82, 2.24) is 10.6 Å². The maximum absolute atomic E-state index is 11.6. The van der Waals surface area contributed by atoms with Gasteiger partial charge in [-0.25, -0.2) is 0 Å². The molecule has 4 heteroatoms. The standard InChI is InChI=1S/C14H24N2O2/c1-13(2)6-9(7-14(3,4)8-13)15-10-5-11(17)16-12(10)18/h9-10,15H,5-8H2,1-4H3,(H,16,17,18). The molecule has 2 fully saturated rings. The molecule has 0 aromatic heterocycles. The summed E-state index contributed by atoms with van der Waals surface area (Å²) in [6.45, 7) is 9.12. The second-order valence-corrected chi connectivity index (χ2v) is 7.45. The number of nitrogens with one attached hydrogen (secondary N) is 2. The fraction of sp³-hybridized carbons (Fsp3) is 0.857. The maximum atomic E-state index is 11.6. The minimum atomic E-state index is -0.327. The minimum absolute atomic E-state index is 0.160. The van der Waals surface area contributed by atoms with E-state index in [0.717, 1.165) is 12.8 Å². The number of amides is 2. The monoisotopic (exact) mass is 252 g/mol. The zero-order valence-electron chi connectivity index (χ0n) is 11.8. The van der Waals surface area contributed by atoms with Gasteiger partial charge in [-0.2, -0.15) is 0 Å². The number of rotatable bonds is 2. The molecular formula is C14H24N2O2. The van der Waals surface area contributed by atoms with Gasteiger partial charge in [-0.3, -0.25) is 14.9 Å². The van der Waals surface area contributed by atoms with Crippen LogP contribution >= 0.6 is 0 Å². The van der Waals surface area contributed by atoms with E-state index in [-0.39, 0.29) is 24.3 Å². The van der Waals surface area contributed by atoms with Gasteiger partial charge in [0.15, 0.2) is 0 Å². The second-order valence-electron chi connectivity index (χ2n) is 7.45. The normalized spacial score (nSPS) is 31.4. The van der Waals surface area contributed by atoms with Crippen molar-refractivity contribution in [1.29, 1.82) is 0 Å². The molecule has 2 amide bonds. The second kappa shape index (κ2) is 4.34. The molecule has 0 spiro atoms. The summed E-state index contributed by atoms with van der Waals surface area (Å²) in [5.41, 5.74) is 0.580. The Morgan fingerprint density at radius 2 is 1.67 bits per heavy atom. The minimum Gasteiger partial charge on any atom is -0.303 e. The SMILES string of the molecule is CC1(C)CC(NC2CC(=O)NC2=O)CC(C)(C)C1. The molecule has 0 aromatic rings. The van der Waals surface area contributed by atoms with Crippen LogP contribution < -0.4 is 10.6 Å². The van der Waals surface area contributed by atoms with E-state index in [9.17, 15) is 9.59 Å². The zero-order valence-corrected chi connectivity index (χ0v) is 11.8. The smallest absolute Gasteiger partial charge is 0.244 e. The van der Waals surface area contributed by atoms with Crippen molar-refractivity contribution < 1.29 is 9.59 Å². The van der Waals surface area contributed by atoms with Crippen LogP contribution in [0.2, 0.25) is 0 Å². The van der Waals surface area contributed by atoms with Gasteiger partial charge in [-0.1, -0.05) is 27.7 Å². The van der Waals surface area contributed by atoms with Gasteiger partial charge in [0.2, 0.25) is 11.8 Å². The summed E-state index contributed by atoms with van der Waals surface area (Å²) in [5, 5.41) is 5.73. The van der Waals surface area contributed by atoms with Gasteiger partial charge in [0.1, 0.15) is 0 Å². The third kappa shape index (κ3) is 3.10. The van der Waals surface area contributed by atoms with E-state index >= 15 is 0 Å². The number of carbonyl (C=O) groups excluding carboxylic acids is 2. The van der Waals surface area contributed by atoms with Crippen LogP contribution in [0.1, 0.15) is 53.4 Å². The molecule has 2 N–H and O–H groups in total. The highest BCUT2D eigenvalue weighted by molar-refractivity contribution is 6.05. The number of imide groups is 1. The molecule has 1 atom stereocenters. The van der Waals surface area contributed by atoms with Crippen LogP contribution in [0.3, 0.4) is 0 Å². The Morgan fingerprint density at radius 3 is 2.11 bits per heavy atom. The lowest BCUT2D eigenvalue weighted by molar-refractivity contribution is -0.125. The lowest BCUT2D eigenvalue weighted by Crippen LogP contribution is -2.49. The molecule has 4 nitrogen and oxygen atoms in total. The number of hydrogen-bond acceptors (Lipinski definition) is 3. The summed E-state index contributed by atoms with van der Waals surface area (Å²) in [7, 11) is 0. The van der Waals surface area contributed by atoms with Crippen molar-refractivity contribution in [3.63, 3.8) is 0 Å². The van der Waals surface area contributed by atoms with Crippen LogP contribution in [0.25, 0.3) is 0 Å². The molecular weight excluding hydrogens is 228 g/mol. The fourth-order valence-corrected chi connectivity index (χ4v) is 3.94. The molecule has 2 aliphatic rings. The maximum Gasteiger partial charge on any atom is 0.244 e. The third-order valence-electron chi connectivity index (χ3n) is 3.96. The first-order valence-electron chi connectivity index (χ1n) is 6.77. The summed E-state index contributed by atoms with van der Waals surface area (Å²) in [5.74, 6) is -0.326. The molecule has 1 unspecified atom stereocenters. The predicted octanol–water partition coefficient (Wildman–Crippen LogP) is 1.60. The average molecular weight is 252 g/mol. The Bertz CT molecular complexity index is 358. The molecule has 2 rings (SSSR count). The highest BCUT2D eigenvalue weighted by Gasteiger charge is 2.41. The zero-order chi connectivity index (χ0) is 13.6. The van der Waals surface area contributed by atoms with Crippen LogP contribution in [0.5, 0.6) is 0 Å². The Balaban J connectivity index is 2.01. The Hall–Kier alpha value is -0.900. The van der Waals surface area contributed by atoms with Crippen molar-refractivity contribution in [2.45, 2.75) is 65.5 Å². The highest BCUT2D eigenvalue weighted by atomic mass is 16.2. The van der Waals surface area contributed by atoms with E-state index < -0.39 is 0 Å². The summed E-state index contributed by atoms with van der Waals surface area (Å²) < 4.78 is 0. The van der Waals surface area contributed by atoms with Gasteiger partial charge >= 0.3 is 0 Å². The van der Waals surface area contributed by atoms with Crippen molar-refractivity contribution in [3.05, 3.63) is 0 Å². The lowest BCUT2D eigenvalue weighted by atomic mass is 9.63. The first-order valence-corrected chi connectivity index (χ1v) is 6.77. The van der Waals surface area contributed by atoms with Crippen molar-refractivity contribution in [2.24, 2.45) is 10.8 Å². The molecule has 1 saturated heterocycles. The van der Waals surface area contributed by atoms with Gasteiger partial charge in [0.25, 0.3) is 0 Å². The van der Waals surface area contributed by atoms with E-state index in [2.05, 4.69) is 38.3 Å². The van der Waals surface area contributed by atoms with Crippen LogP contribution in [0.15, 0.2) is 0 Å². The lowest BCUT2D eigenvalue weighted by Gasteiger charge is -2.45. The van der Waals surface area contributed by atoms with Gasteiger partial charge in [0, 0.05) is 6.04 Å². The predicted molar refractivity (Wildman–Crippen MR) is 69.9 cm³/mol. The van der Waals surface area contributed by atoms with Gasteiger partial charge in [-0.05, 0) is 30.1 Å². The van der Waals surface area contributed by atoms with Gasteiger partial charge in [0.05, 0.1) is 12.5 Å². The van der Waals surface area contributed by atoms with E-state index in [1.165, 1.54) is 6.42 Å². The topological polar surface area (TPSA) is 58.2 Å². The Labute approximate surface area is 109 Å². The summed E-state index contributed by atoms with van der Waals surface area (Å²) in [6, 6.07) is -0.00222. The molecule has 0 aromatic carbocycles. The van der Waals surface area contributed by atoms with Crippen molar-refractivity contribution in [3.8, 4) is 0 Å². The molecule has 0 radical (unpaired) electrons. The van der Waals surface area contributed by atoms with E-state index in [0.29, 0.717) is 16.9 Å². The Morgan fingerprint density at radius 1 is 1.11 bits per heavy atom. The first-order chi connectivity index (χ1) is 8.17. The first kappa shape index (κ1) is 13.5. The van der Waals surface area contributed by atoms with Crippen LogP contribution in [-0.4, -0.2) is 23.9 Å². The highest BCUT2D eigenvalue weighted by Crippen LogP contribution is 2.45. The van der Waals surface area contributed by atoms with Crippen LogP contribution in [0.4, 0.5) is 0 Å². The largest absolute Gasteiger partial charge is 0.303 e. The summed E-state index contributed by atoms with van der Waals surface area (Å²) in [4.78, 5) is 22.8.